The number of anilines is 2. The van der Waals surface area contributed by atoms with Crippen LogP contribution in [0.15, 0.2) is 36.9 Å². The molecule has 1 aliphatic heterocycles. The van der Waals surface area contributed by atoms with Gasteiger partial charge < -0.3 is 4.90 Å². The van der Waals surface area contributed by atoms with Gasteiger partial charge in [-0.05, 0) is 32.1 Å². The van der Waals surface area contributed by atoms with Crippen molar-refractivity contribution in [1.29, 1.82) is 0 Å². The third-order valence-electron chi connectivity index (χ3n) is 3.27. The number of hydrogen-bond acceptors (Lipinski definition) is 2. The van der Waals surface area contributed by atoms with Crippen LogP contribution < -0.4 is 9.80 Å². The predicted molar refractivity (Wildman–Crippen MR) is 71.6 cm³/mol. The second-order valence-corrected chi connectivity index (χ2v) is 4.79. The molecule has 0 saturated carbocycles. The Labute approximate surface area is 106 Å². The van der Waals surface area contributed by atoms with E-state index < -0.39 is 5.54 Å². The molecule has 0 aromatic heterocycles. The van der Waals surface area contributed by atoms with E-state index in [0.717, 1.165) is 11.4 Å². The summed E-state index contributed by atoms with van der Waals surface area (Å²) in [4.78, 5) is 27.5. The zero-order valence-corrected chi connectivity index (χ0v) is 10.8. The van der Waals surface area contributed by atoms with Crippen LogP contribution in [0.4, 0.5) is 11.4 Å². The molecule has 0 spiro atoms. The van der Waals surface area contributed by atoms with E-state index in [4.69, 9.17) is 0 Å². The quantitative estimate of drug-likeness (QED) is 0.708. The summed E-state index contributed by atoms with van der Waals surface area (Å²) in [7, 11) is 1.72. The highest BCUT2D eigenvalue weighted by Crippen LogP contribution is 2.39. The van der Waals surface area contributed by atoms with E-state index in [9.17, 15) is 9.59 Å². The Bertz CT molecular complexity index is 534. The number of hydrogen-bond donors (Lipinski definition) is 0. The molecule has 1 aliphatic rings. The minimum absolute atomic E-state index is 0.114. The van der Waals surface area contributed by atoms with E-state index in [1.54, 1.807) is 25.8 Å². The van der Waals surface area contributed by atoms with Crippen LogP contribution in [0, 0.1) is 0 Å². The van der Waals surface area contributed by atoms with Gasteiger partial charge in [0.25, 0.3) is 11.8 Å². The zero-order valence-electron chi connectivity index (χ0n) is 10.8. The van der Waals surface area contributed by atoms with E-state index in [0.29, 0.717) is 0 Å². The molecular weight excluding hydrogens is 228 g/mol. The van der Waals surface area contributed by atoms with E-state index in [2.05, 4.69) is 6.58 Å². The molecule has 2 rings (SSSR count). The van der Waals surface area contributed by atoms with Gasteiger partial charge in [0.1, 0.15) is 5.54 Å². The van der Waals surface area contributed by atoms with Crippen molar-refractivity contribution >= 4 is 23.2 Å². The first-order valence-corrected chi connectivity index (χ1v) is 5.75. The van der Waals surface area contributed by atoms with Gasteiger partial charge in [-0.1, -0.05) is 18.7 Å². The molecule has 0 fully saturated rings. The molecule has 1 heterocycles. The molecule has 0 bridgehead atoms. The summed E-state index contributed by atoms with van der Waals surface area (Å²) in [6, 6.07) is 7.35. The van der Waals surface area contributed by atoms with Crippen molar-refractivity contribution in [3.05, 3.63) is 36.9 Å². The van der Waals surface area contributed by atoms with Crippen LogP contribution in [0.1, 0.15) is 13.8 Å². The van der Waals surface area contributed by atoms with Crippen molar-refractivity contribution in [3.8, 4) is 0 Å². The molecule has 4 heteroatoms. The smallest absolute Gasteiger partial charge is 0.252 e. The first-order chi connectivity index (χ1) is 8.41. The molecule has 0 N–H and O–H groups in total. The van der Waals surface area contributed by atoms with Crippen molar-refractivity contribution in [2.75, 3.05) is 16.8 Å². The van der Waals surface area contributed by atoms with Gasteiger partial charge in [-0.15, -0.1) is 0 Å². The first kappa shape index (κ1) is 12.4. The van der Waals surface area contributed by atoms with Crippen LogP contribution in [0.5, 0.6) is 0 Å². The second-order valence-electron chi connectivity index (χ2n) is 4.79. The maximum Gasteiger partial charge on any atom is 0.252 e. The highest BCUT2D eigenvalue weighted by molar-refractivity contribution is 6.17. The summed E-state index contributed by atoms with van der Waals surface area (Å²) in [6.45, 7) is 6.98. The standard InChI is InChI=1S/C14H16N2O2/c1-5-12(17)16-11-9-7-6-8-10(11)15(4)13(18)14(16,2)3/h5-9H,1H2,2-4H3. The molecule has 18 heavy (non-hydrogen) atoms. The minimum atomic E-state index is -0.908. The normalized spacial score (nSPS) is 17.4. The summed E-state index contributed by atoms with van der Waals surface area (Å²) >= 11 is 0. The van der Waals surface area contributed by atoms with Crippen LogP contribution >= 0.6 is 0 Å². The molecule has 0 atom stereocenters. The highest BCUT2D eigenvalue weighted by Gasteiger charge is 2.45. The SMILES string of the molecule is C=CC(=O)N1c2ccccc2N(C)C(=O)C1(C)C. The van der Waals surface area contributed by atoms with Crippen LogP contribution in [-0.4, -0.2) is 24.4 Å². The number of benzene rings is 1. The van der Waals surface area contributed by atoms with Crippen LogP contribution in [0.25, 0.3) is 0 Å². The van der Waals surface area contributed by atoms with Gasteiger partial charge in [-0.25, -0.2) is 0 Å². The van der Waals surface area contributed by atoms with Crippen molar-refractivity contribution in [2.45, 2.75) is 19.4 Å². The number of carbonyl (C=O) groups excluding carboxylic acids is 2. The summed E-state index contributed by atoms with van der Waals surface area (Å²) in [5.74, 6) is -0.384. The summed E-state index contributed by atoms with van der Waals surface area (Å²) < 4.78 is 0. The van der Waals surface area contributed by atoms with E-state index in [-0.39, 0.29) is 11.8 Å². The van der Waals surface area contributed by atoms with Gasteiger partial charge in [0, 0.05) is 7.05 Å². The fourth-order valence-electron chi connectivity index (χ4n) is 2.34. The molecule has 0 aliphatic carbocycles. The molecule has 1 aromatic rings. The number of para-hydroxylation sites is 2. The second kappa shape index (κ2) is 3.98. The lowest BCUT2D eigenvalue weighted by atomic mass is 9.95. The lowest BCUT2D eigenvalue weighted by Gasteiger charge is -2.45. The average molecular weight is 244 g/mol. The molecular formula is C14H16N2O2. The Morgan fingerprint density at radius 2 is 1.83 bits per heavy atom. The molecule has 94 valence electrons. The number of fused-ring (bicyclic) bond motifs is 1. The Balaban J connectivity index is 2.69. The van der Waals surface area contributed by atoms with Gasteiger partial charge >= 0.3 is 0 Å². The van der Waals surface area contributed by atoms with Crippen molar-refractivity contribution in [3.63, 3.8) is 0 Å². The molecule has 1 aromatic carbocycles. The molecule has 0 unspecified atom stereocenters. The number of likely N-dealkylation sites (N-methyl/N-ethyl adjacent to an activating group) is 1. The Morgan fingerprint density at radius 1 is 1.28 bits per heavy atom. The summed E-state index contributed by atoms with van der Waals surface area (Å²) in [5, 5.41) is 0. The maximum absolute atomic E-state index is 12.3. The van der Waals surface area contributed by atoms with E-state index in [1.807, 2.05) is 24.3 Å². The number of amides is 2. The number of rotatable bonds is 1. The lowest BCUT2D eigenvalue weighted by Crippen LogP contribution is -2.61. The monoisotopic (exact) mass is 244 g/mol. The zero-order chi connectivity index (χ0) is 13.5. The molecule has 0 saturated heterocycles. The number of nitrogens with zero attached hydrogens (tertiary/aromatic N) is 2. The van der Waals surface area contributed by atoms with Crippen LogP contribution in [0.3, 0.4) is 0 Å². The van der Waals surface area contributed by atoms with Gasteiger partial charge in [0.15, 0.2) is 0 Å². The fraction of sp³-hybridized carbons (Fsp3) is 0.286. The van der Waals surface area contributed by atoms with Gasteiger partial charge in [0.2, 0.25) is 0 Å². The van der Waals surface area contributed by atoms with Crippen molar-refractivity contribution < 1.29 is 9.59 Å². The first-order valence-electron chi connectivity index (χ1n) is 5.75. The third kappa shape index (κ3) is 1.53. The molecule has 2 amide bonds. The minimum Gasteiger partial charge on any atom is -0.311 e. The largest absolute Gasteiger partial charge is 0.311 e. The van der Waals surface area contributed by atoms with E-state index in [1.165, 1.54) is 11.0 Å². The third-order valence-corrected chi connectivity index (χ3v) is 3.27. The van der Waals surface area contributed by atoms with Crippen LogP contribution in [-0.2, 0) is 9.59 Å². The fourth-order valence-corrected chi connectivity index (χ4v) is 2.34. The van der Waals surface area contributed by atoms with Crippen LogP contribution in [0.2, 0.25) is 0 Å². The Hall–Kier alpha value is -2.10. The average Bonchev–Trinajstić information content (AvgIpc) is 2.36. The van der Waals surface area contributed by atoms with Gasteiger partial charge in [-0.2, -0.15) is 0 Å². The summed E-state index contributed by atoms with van der Waals surface area (Å²) in [6.07, 6.45) is 1.23. The topological polar surface area (TPSA) is 40.6 Å². The van der Waals surface area contributed by atoms with Gasteiger partial charge in [0.05, 0.1) is 11.4 Å². The van der Waals surface area contributed by atoms with Crippen molar-refractivity contribution in [2.24, 2.45) is 0 Å². The van der Waals surface area contributed by atoms with E-state index >= 15 is 0 Å². The molecule has 4 nitrogen and oxygen atoms in total. The highest BCUT2D eigenvalue weighted by atomic mass is 16.2. The Morgan fingerprint density at radius 3 is 2.39 bits per heavy atom. The number of carbonyl (C=O) groups is 2. The maximum atomic E-state index is 12.3. The van der Waals surface area contributed by atoms with Gasteiger partial charge in [-0.3, -0.25) is 14.5 Å². The molecule has 0 radical (unpaired) electrons. The van der Waals surface area contributed by atoms with Crippen molar-refractivity contribution in [1.82, 2.24) is 0 Å². The predicted octanol–water partition coefficient (Wildman–Crippen LogP) is 1.96. The summed E-state index contributed by atoms with van der Waals surface area (Å²) in [5.41, 5.74) is 0.556. The lowest BCUT2D eigenvalue weighted by molar-refractivity contribution is -0.126. The Kier molecular flexibility index (Phi) is 2.73.